The highest BCUT2D eigenvalue weighted by atomic mass is 35.5. The Kier molecular flexibility index (Phi) is 8.41. The minimum absolute atomic E-state index is 0.456. The van der Waals surface area contributed by atoms with Gasteiger partial charge in [-0.2, -0.15) is 0 Å². The second-order valence-corrected chi connectivity index (χ2v) is 15.7. The Bertz CT molecular complexity index is 1040. The second kappa shape index (κ2) is 11.7. The average molecular weight is 492 g/mol. The van der Waals surface area contributed by atoms with Crippen LogP contribution in [0.5, 0.6) is 0 Å². The van der Waals surface area contributed by atoms with Gasteiger partial charge in [0.05, 0.1) is 9.52 Å². The molecule has 4 aromatic carbocycles. The van der Waals surface area contributed by atoms with E-state index in [0.717, 1.165) is 21.6 Å². The monoisotopic (exact) mass is 490 g/mol. The molecule has 0 nitrogen and oxygen atoms in total. The summed E-state index contributed by atoms with van der Waals surface area (Å²) in [6, 6.07) is 39.3. The predicted octanol–water partition coefficient (Wildman–Crippen LogP) is 5.18. The molecule has 1 unspecified atom stereocenters. The van der Waals surface area contributed by atoms with Crippen LogP contribution < -0.4 is 15.6 Å². The number of benzene rings is 4. The van der Waals surface area contributed by atoms with Crippen LogP contribution in [0, 0.1) is 0 Å². The molecule has 4 aromatic rings. The molecule has 4 heteroatoms. The van der Waals surface area contributed by atoms with E-state index in [1.807, 2.05) is 0 Å². The van der Waals surface area contributed by atoms with Crippen molar-refractivity contribution >= 4 is 57.1 Å². The normalized spacial score (nSPS) is 12.5. The van der Waals surface area contributed by atoms with Crippen LogP contribution >= 0.6 is 23.2 Å². The van der Waals surface area contributed by atoms with Gasteiger partial charge in [0.2, 0.25) is 0 Å². The molecule has 0 spiro atoms. The summed E-state index contributed by atoms with van der Waals surface area (Å²) in [5.74, 6) is 0. The molecule has 0 saturated carbocycles. The van der Waals surface area contributed by atoms with E-state index >= 15 is 0 Å². The van der Waals surface area contributed by atoms with E-state index in [1.54, 1.807) is 5.19 Å². The Hall–Kier alpha value is -2.11. The van der Waals surface area contributed by atoms with Gasteiger partial charge in [-0.15, -0.1) is 0 Å². The van der Waals surface area contributed by atoms with Gasteiger partial charge in [-0.3, -0.25) is 0 Å². The summed E-state index contributed by atoms with van der Waals surface area (Å²) in [5, 5.41) is 6.85. The van der Waals surface area contributed by atoms with Gasteiger partial charge in [0.1, 0.15) is 8.80 Å². The molecule has 0 aliphatic rings. The number of hydrogen-bond donors (Lipinski definition) is 0. The minimum Gasteiger partial charge on any atom is -0.0843 e. The third-order valence-corrected chi connectivity index (χ3v) is 14.1. The van der Waals surface area contributed by atoms with Gasteiger partial charge in [-0.25, -0.2) is 0 Å². The first-order chi connectivity index (χ1) is 15.7. The van der Waals surface area contributed by atoms with Gasteiger partial charge in [0, 0.05) is 10.0 Å². The summed E-state index contributed by atoms with van der Waals surface area (Å²) in [4.78, 5) is 0. The first-order valence-electron chi connectivity index (χ1n) is 11.3. The fourth-order valence-corrected chi connectivity index (χ4v) is 13.1. The molecule has 0 saturated heterocycles. The molecule has 4 rings (SSSR count). The molecule has 0 radical (unpaired) electrons. The van der Waals surface area contributed by atoms with Crippen molar-refractivity contribution in [1.29, 1.82) is 0 Å². The van der Waals surface area contributed by atoms with E-state index in [-0.39, 0.29) is 0 Å². The zero-order valence-electron chi connectivity index (χ0n) is 18.1. The molecule has 0 aliphatic heterocycles. The number of aryl methyl sites for hydroxylation is 1. The smallest absolute Gasteiger partial charge is 0.0843 e. The standard InChI is InChI=1S/C28H28Cl2Si2/c29-23-14-18-26(19-15-23)32(27-20-16-24(30)17-21-27)28(31-25-11-5-2-6-12-25)13-7-10-22-8-3-1-4-9-22/h1-6,8-9,11-12,14-21,28,32H,7,10,13,31H2. The molecule has 0 heterocycles. The molecule has 0 amide bonds. The Morgan fingerprint density at radius 2 is 1.12 bits per heavy atom. The summed E-state index contributed by atoms with van der Waals surface area (Å²) >= 11 is 12.5. The van der Waals surface area contributed by atoms with Crippen LogP contribution in [0.3, 0.4) is 0 Å². The van der Waals surface area contributed by atoms with E-state index in [4.69, 9.17) is 23.2 Å². The molecule has 0 N–H and O–H groups in total. The van der Waals surface area contributed by atoms with Crippen LogP contribution in [0.15, 0.2) is 109 Å². The molecule has 0 bridgehead atoms. The third-order valence-electron chi connectivity index (χ3n) is 6.15. The van der Waals surface area contributed by atoms with E-state index in [0.29, 0.717) is 0 Å². The lowest BCUT2D eigenvalue weighted by atomic mass is 10.1. The number of hydrogen-bond acceptors (Lipinski definition) is 0. The maximum absolute atomic E-state index is 6.25. The van der Waals surface area contributed by atoms with Gasteiger partial charge in [0.15, 0.2) is 0 Å². The quantitative estimate of drug-likeness (QED) is 0.283. The summed E-state index contributed by atoms with van der Waals surface area (Å²) < 4.78 is 0. The van der Waals surface area contributed by atoms with Gasteiger partial charge in [0.25, 0.3) is 0 Å². The van der Waals surface area contributed by atoms with Crippen molar-refractivity contribution in [3.8, 4) is 0 Å². The molecular formula is C28H28Cl2Si2. The molecule has 0 fully saturated rings. The van der Waals surface area contributed by atoms with Crippen molar-refractivity contribution in [1.82, 2.24) is 0 Å². The zero-order chi connectivity index (χ0) is 22.2. The topological polar surface area (TPSA) is 0 Å². The van der Waals surface area contributed by atoms with Crippen molar-refractivity contribution in [2.24, 2.45) is 0 Å². The van der Waals surface area contributed by atoms with Gasteiger partial charge in [-0.1, -0.05) is 130 Å². The highest BCUT2D eigenvalue weighted by Crippen LogP contribution is 2.20. The van der Waals surface area contributed by atoms with Crippen molar-refractivity contribution in [2.45, 2.75) is 24.4 Å². The zero-order valence-corrected chi connectivity index (χ0v) is 22.2. The van der Waals surface area contributed by atoms with Crippen LogP contribution in [0.1, 0.15) is 18.4 Å². The fourth-order valence-electron chi connectivity index (χ4n) is 4.59. The number of halogens is 2. The summed E-state index contributed by atoms with van der Waals surface area (Å²) in [6.45, 7) is 0. The molecule has 0 aliphatic carbocycles. The lowest BCUT2D eigenvalue weighted by Crippen LogP contribution is -2.49. The molecule has 162 valence electrons. The largest absolute Gasteiger partial charge is 0.103 e. The lowest BCUT2D eigenvalue weighted by molar-refractivity contribution is 0.766. The van der Waals surface area contributed by atoms with Crippen LogP contribution in [0.4, 0.5) is 0 Å². The highest BCUT2D eigenvalue weighted by molar-refractivity contribution is 6.93. The Morgan fingerprint density at radius 3 is 1.66 bits per heavy atom. The maximum Gasteiger partial charge on any atom is 0.103 e. The average Bonchev–Trinajstić information content (AvgIpc) is 2.83. The Morgan fingerprint density at radius 1 is 0.625 bits per heavy atom. The van der Waals surface area contributed by atoms with Crippen LogP contribution in [0.25, 0.3) is 0 Å². The maximum atomic E-state index is 6.25. The van der Waals surface area contributed by atoms with Crippen molar-refractivity contribution in [3.05, 3.63) is 125 Å². The molecule has 1 atom stereocenters. The van der Waals surface area contributed by atoms with Crippen molar-refractivity contribution in [3.63, 3.8) is 0 Å². The van der Waals surface area contributed by atoms with Gasteiger partial charge >= 0.3 is 0 Å². The van der Waals surface area contributed by atoms with Crippen LogP contribution in [0.2, 0.25) is 15.2 Å². The highest BCUT2D eigenvalue weighted by Gasteiger charge is 2.27. The molecular weight excluding hydrogens is 463 g/mol. The third kappa shape index (κ3) is 6.46. The fraction of sp³-hybridized carbons (Fsp3) is 0.143. The van der Waals surface area contributed by atoms with E-state index < -0.39 is 18.3 Å². The van der Waals surface area contributed by atoms with Crippen LogP contribution in [-0.2, 0) is 6.42 Å². The second-order valence-electron chi connectivity index (χ2n) is 8.41. The van der Waals surface area contributed by atoms with Crippen LogP contribution in [-0.4, -0.2) is 18.3 Å². The van der Waals surface area contributed by atoms with Crippen molar-refractivity contribution < 1.29 is 0 Å². The Labute approximate surface area is 205 Å². The lowest BCUT2D eigenvalue weighted by Gasteiger charge is -2.27. The predicted molar refractivity (Wildman–Crippen MR) is 147 cm³/mol. The van der Waals surface area contributed by atoms with Gasteiger partial charge < -0.3 is 0 Å². The van der Waals surface area contributed by atoms with E-state index in [2.05, 4.69) is 109 Å². The van der Waals surface area contributed by atoms with Gasteiger partial charge in [-0.05, 0) is 47.8 Å². The summed E-state index contributed by atoms with van der Waals surface area (Å²) in [6.07, 6.45) is 3.63. The molecule has 0 aromatic heterocycles. The van der Waals surface area contributed by atoms with E-state index in [9.17, 15) is 0 Å². The number of rotatable bonds is 9. The first kappa shape index (κ1) is 23.1. The summed E-state index contributed by atoms with van der Waals surface area (Å²) in [5.41, 5.74) is 1.43. The Balaban J connectivity index is 1.65. The van der Waals surface area contributed by atoms with Crippen molar-refractivity contribution in [2.75, 3.05) is 0 Å². The van der Waals surface area contributed by atoms with E-state index in [1.165, 1.54) is 28.8 Å². The minimum atomic E-state index is -1.46. The molecule has 32 heavy (non-hydrogen) atoms. The first-order valence-corrected chi connectivity index (χ1v) is 15.4. The SMILES string of the molecule is Clc1ccc([SiH](c2ccc(Cl)cc2)C(CCCc2ccccc2)[SiH2]c2ccccc2)cc1. The summed E-state index contributed by atoms with van der Waals surface area (Å²) in [7, 11) is -1.91.